The number of aromatic nitrogens is 2. The van der Waals surface area contributed by atoms with Crippen molar-refractivity contribution in [3.8, 4) is 0 Å². The van der Waals surface area contributed by atoms with Crippen molar-refractivity contribution in [3.63, 3.8) is 0 Å². The predicted molar refractivity (Wildman–Crippen MR) is 93.7 cm³/mol. The van der Waals surface area contributed by atoms with Gasteiger partial charge in [0.1, 0.15) is 5.76 Å². The lowest BCUT2D eigenvalue weighted by Crippen LogP contribution is -2.33. The number of nitrogens with zero attached hydrogens (tertiary/aromatic N) is 1. The van der Waals surface area contributed by atoms with Crippen LogP contribution in [-0.4, -0.2) is 9.55 Å². The Kier molecular flexibility index (Phi) is 5.05. The molecule has 5 nitrogen and oxygen atoms in total. The van der Waals surface area contributed by atoms with Gasteiger partial charge in [0.05, 0.1) is 11.3 Å². The largest absolute Gasteiger partial charge is 0.469 e. The summed E-state index contributed by atoms with van der Waals surface area (Å²) in [7, 11) is 0. The lowest BCUT2D eigenvalue weighted by molar-refractivity contribution is 0.478. The summed E-state index contributed by atoms with van der Waals surface area (Å²) in [4.78, 5) is 27.6. The van der Waals surface area contributed by atoms with Gasteiger partial charge in [0.2, 0.25) is 0 Å². The minimum atomic E-state index is -0.372. The normalized spacial score (nSPS) is 10.9. The first-order chi connectivity index (χ1) is 11.6. The molecule has 0 spiro atoms. The molecule has 0 saturated heterocycles. The van der Waals surface area contributed by atoms with Gasteiger partial charge in [-0.1, -0.05) is 30.0 Å². The summed E-state index contributed by atoms with van der Waals surface area (Å²) >= 11 is 1.44. The first-order valence-corrected chi connectivity index (χ1v) is 8.56. The average Bonchev–Trinajstić information content (AvgIpc) is 3.09. The van der Waals surface area contributed by atoms with Crippen molar-refractivity contribution in [2.24, 2.45) is 0 Å². The topological polar surface area (TPSA) is 68.0 Å². The van der Waals surface area contributed by atoms with Crippen LogP contribution < -0.4 is 11.2 Å². The fourth-order valence-electron chi connectivity index (χ4n) is 2.45. The maximum Gasteiger partial charge on any atom is 0.329 e. The van der Waals surface area contributed by atoms with Crippen LogP contribution in [0.4, 0.5) is 0 Å². The Morgan fingerprint density at radius 2 is 1.92 bits per heavy atom. The molecule has 1 aromatic carbocycles. The number of hydrogen-bond donors (Lipinski definition) is 1. The zero-order chi connectivity index (χ0) is 16.9. The molecule has 3 rings (SSSR count). The zero-order valence-corrected chi connectivity index (χ0v) is 14.1. The standard InChI is InChI=1S/C18H18N2O3S/c1-13-16(21)19-18(22)20(11-5-7-14-8-6-12-23-14)17(13)24-15-9-3-2-4-10-15/h2-4,6,8-10,12H,5,7,11H2,1H3,(H,19,21,22). The molecule has 3 aromatic rings. The highest BCUT2D eigenvalue weighted by Gasteiger charge is 2.13. The van der Waals surface area contributed by atoms with E-state index in [9.17, 15) is 9.59 Å². The molecule has 2 heterocycles. The van der Waals surface area contributed by atoms with Crippen molar-refractivity contribution in [2.75, 3.05) is 0 Å². The maximum absolute atomic E-state index is 12.3. The first kappa shape index (κ1) is 16.4. The highest BCUT2D eigenvalue weighted by molar-refractivity contribution is 7.99. The molecule has 0 aliphatic rings. The van der Waals surface area contributed by atoms with Crippen LogP contribution in [0.5, 0.6) is 0 Å². The van der Waals surface area contributed by atoms with E-state index in [1.165, 1.54) is 11.8 Å². The van der Waals surface area contributed by atoms with E-state index in [-0.39, 0.29) is 11.2 Å². The van der Waals surface area contributed by atoms with E-state index in [1.54, 1.807) is 17.8 Å². The molecule has 0 bridgehead atoms. The van der Waals surface area contributed by atoms with E-state index in [1.807, 2.05) is 42.5 Å². The Morgan fingerprint density at radius 3 is 2.62 bits per heavy atom. The van der Waals surface area contributed by atoms with Crippen LogP contribution >= 0.6 is 11.8 Å². The number of aryl methyl sites for hydroxylation is 1. The van der Waals surface area contributed by atoms with Crippen molar-refractivity contribution in [1.82, 2.24) is 9.55 Å². The molecule has 24 heavy (non-hydrogen) atoms. The van der Waals surface area contributed by atoms with E-state index in [2.05, 4.69) is 4.98 Å². The maximum atomic E-state index is 12.3. The van der Waals surface area contributed by atoms with Crippen molar-refractivity contribution in [2.45, 2.75) is 36.2 Å². The van der Waals surface area contributed by atoms with Gasteiger partial charge in [-0.3, -0.25) is 14.3 Å². The van der Waals surface area contributed by atoms with Crippen LogP contribution in [-0.2, 0) is 13.0 Å². The molecule has 0 fully saturated rings. The van der Waals surface area contributed by atoms with Crippen molar-refractivity contribution < 1.29 is 4.42 Å². The van der Waals surface area contributed by atoms with Crippen LogP contribution in [0, 0.1) is 6.92 Å². The fourth-order valence-corrected chi connectivity index (χ4v) is 3.50. The SMILES string of the molecule is Cc1c(Sc2ccccc2)n(CCCc2ccco2)c(=O)[nH]c1=O. The van der Waals surface area contributed by atoms with Gasteiger partial charge < -0.3 is 4.42 Å². The minimum absolute atomic E-state index is 0.333. The second kappa shape index (κ2) is 7.40. The van der Waals surface area contributed by atoms with Crippen LogP contribution in [0.25, 0.3) is 0 Å². The summed E-state index contributed by atoms with van der Waals surface area (Å²) in [6, 6.07) is 13.5. The van der Waals surface area contributed by atoms with Gasteiger partial charge in [-0.2, -0.15) is 0 Å². The first-order valence-electron chi connectivity index (χ1n) is 7.74. The molecule has 6 heteroatoms. The third-order valence-corrected chi connectivity index (χ3v) is 4.94. The Hall–Kier alpha value is -2.47. The number of hydrogen-bond acceptors (Lipinski definition) is 4. The lowest BCUT2D eigenvalue weighted by atomic mass is 10.2. The Balaban J connectivity index is 1.87. The van der Waals surface area contributed by atoms with Gasteiger partial charge >= 0.3 is 5.69 Å². The molecule has 2 aromatic heterocycles. The summed E-state index contributed by atoms with van der Waals surface area (Å²) in [6.45, 7) is 2.26. The summed E-state index contributed by atoms with van der Waals surface area (Å²) in [5.41, 5.74) is -0.148. The monoisotopic (exact) mass is 342 g/mol. The molecule has 0 aliphatic heterocycles. The van der Waals surface area contributed by atoms with E-state index >= 15 is 0 Å². The molecule has 0 atom stereocenters. The third-order valence-electron chi connectivity index (χ3n) is 3.71. The van der Waals surface area contributed by atoms with Gasteiger partial charge in [0.25, 0.3) is 5.56 Å². The fraction of sp³-hybridized carbons (Fsp3) is 0.222. The van der Waals surface area contributed by atoms with Crippen LogP contribution in [0.2, 0.25) is 0 Å². The summed E-state index contributed by atoms with van der Waals surface area (Å²) in [6.07, 6.45) is 3.14. The highest BCUT2D eigenvalue weighted by atomic mass is 32.2. The van der Waals surface area contributed by atoms with Gasteiger partial charge in [-0.15, -0.1) is 0 Å². The van der Waals surface area contributed by atoms with Gasteiger partial charge in [0, 0.05) is 23.4 Å². The van der Waals surface area contributed by atoms with E-state index in [0.29, 0.717) is 17.1 Å². The number of benzene rings is 1. The van der Waals surface area contributed by atoms with Gasteiger partial charge in [-0.05, 0) is 37.6 Å². The van der Waals surface area contributed by atoms with Gasteiger partial charge in [-0.25, -0.2) is 4.79 Å². The lowest BCUT2D eigenvalue weighted by Gasteiger charge is -2.13. The number of aromatic amines is 1. The summed E-state index contributed by atoms with van der Waals surface area (Å²) in [5.74, 6) is 0.890. The Bertz CT molecular complexity index is 912. The Labute approximate surface area is 143 Å². The van der Waals surface area contributed by atoms with E-state index in [4.69, 9.17) is 4.42 Å². The quantitative estimate of drug-likeness (QED) is 0.699. The van der Waals surface area contributed by atoms with Gasteiger partial charge in [0.15, 0.2) is 0 Å². The molecular weight excluding hydrogens is 324 g/mol. The highest BCUT2D eigenvalue weighted by Crippen LogP contribution is 2.28. The molecule has 0 aliphatic carbocycles. The van der Waals surface area contributed by atoms with Crippen LogP contribution in [0.3, 0.4) is 0 Å². The minimum Gasteiger partial charge on any atom is -0.469 e. The molecule has 1 N–H and O–H groups in total. The molecule has 0 radical (unpaired) electrons. The van der Waals surface area contributed by atoms with Crippen LogP contribution in [0.15, 0.2) is 72.7 Å². The summed E-state index contributed by atoms with van der Waals surface area (Å²) < 4.78 is 6.96. The predicted octanol–water partition coefficient (Wildman–Crippen LogP) is 3.22. The number of H-pyrrole nitrogens is 1. The average molecular weight is 342 g/mol. The smallest absolute Gasteiger partial charge is 0.329 e. The van der Waals surface area contributed by atoms with Crippen molar-refractivity contribution in [1.29, 1.82) is 0 Å². The zero-order valence-electron chi connectivity index (χ0n) is 13.3. The summed E-state index contributed by atoms with van der Waals surface area (Å²) in [5, 5.41) is 0.689. The van der Waals surface area contributed by atoms with E-state index < -0.39 is 0 Å². The van der Waals surface area contributed by atoms with E-state index in [0.717, 1.165) is 23.5 Å². The molecule has 0 amide bonds. The van der Waals surface area contributed by atoms with Crippen molar-refractivity contribution >= 4 is 11.8 Å². The molecule has 124 valence electrons. The number of furan rings is 1. The third kappa shape index (κ3) is 3.71. The molecular formula is C18H18N2O3S. The molecule has 0 unspecified atom stereocenters. The Morgan fingerprint density at radius 1 is 1.12 bits per heavy atom. The number of nitrogens with one attached hydrogen (secondary N) is 1. The van der Waals surface area contributed by atoms with Crippen LogP contribution in [0.1, 0.15) is 17.7 Å². The second-order valence-electron chi connectivity index (χ2n) is 5.44. The second-order valence-corrected chi connectivity index (χ2v) is 6.50. The number of rotatable bonds is 6. The van der Waals surface area contributed by atoms with Crippen molar-refractivity contribution in [3.05, 3.63) is 80.9 Å². The molecule has 0 saturated carbocycles.